The van der Waals surface area contributed by atoms with E-state index in [-0.39, 0.29) is 42.5 Å². The van der Waals surface area contributed by atoms with Crippen LogP contribution in [0.3, 0.4) is 0 Å². The van der Waals surface area contributed by atoms with Gasteiger partial charge < -0.3 is 14.0 Å². The number of para-hydroxylation sites is 4. The van der Waals surface area contributed by atoms with Gasteiger partial charge in [0, 0.05) is 55.1 Å². The number of aryl methyl sites for hydroxylation is 3. The van der Waals surface area contributed by atoms with Crippen LogP contribution in [0.15, 0.2) is 140 Å². The third-order valence-electron chi connectivity index (χ3n) is 8.97. The van der Waals surface area contributed by atoms with Crippen molar-refractivity contribution in [3.05, 3.63) is 168 Å². The number of rotatable bonds is 2. The molecule has 0 aliphatic heterocycles. The van der Waals surface area contributed by atoms with Crippen LogP contribution in [0.2, 0.25) is 0 Å². The average Bonchev–Trinajstić information content (AvgIpc) is 3.77. The Morgan fingerprint density at radius 3 is 2.20 bits per heavy atom. The Morgan fingerprint density at radius 1 is 0.640 bits per heavy atom. The van der Waals surface area contributed by atoms with Crippen LogP contribution in [-0.4, -0.2) is 18.9 Å². The maximum atomic E-state index is 7.54. The van der Waals surface area contributed by atoms with Gasteiger partial charge in [0.25, 0.3) is 0 Å². The summed E-state index contributed by atoms with van der Waals surface area (Å²) in [6.45, 7) is -7.47. The zero-order chi connectivity index (χ0) is 40.6. The van der Waals surface area contributed by atoms with Gasteiger partial charge in [-0.05, 0) is 60.7 Å². The third kappa shape index (κ3) is 5.09. The summed E-state index contributed by atoms with van der Waals surface area (Å²) in [7, 11) is 0. The topological polar surface area (TPSA) is 35.1 Å². The molecule has 0 saturated carbocycles. The Morgan fingerprint density at radius 2 is 1.40 bits per heavy atom. The summed E-state index contributed by atoms with van der Waals surface area (Å²) in [6, 6.07) is 50.1. The molecule has 0 amide bonds. The van der Waals surface area contributed by atoms with E-state index in [9.17, 15) is 0 Å². The number of imidazole rings is 1. The molecule has 0 spiro atoms. The van der Waals surface area contributed by atoms with E-state index >= 15 is 0 Å². The number of fused-ring (bicyclic) bond motifs is 12. The van der Waals surface area contributed by atoms with E-state index in [1.165, 1.54) is 62.4 Å². The second-order valence-corrected chi connectivity index (χ2v) is 11.9. The minimum atomic E-state index is -2.61. The second kappa shape index (κ2) is 12.7. The molecule has 10 rings (SSSR count). The molecule has 6 aromatic carbocycles. The molecule has 4 heterocycles. The maximum absolute atomic E-state index is 7.54. The average molecular weight is 830 g/mol. The predicted octanol–water partition coefficient (Wildman–Crippen LogP) is 11.2. The van der Waals surface area contributed by atoms with Crippen molar-refractivity contribution in [1.29, 1.82) is 0 Å². The van der Waals surface area contributed by atoms with E-state index in [1.54, 1.807) is 0 Å². The third-order valence-corrected chi connectivity index (χ3v) is 8.97. The number of nitrogens with zero attached hydrogens (tertiary/aromatic N) is 4. The van der Waals surface area contributed by atoms with E-state index in [4.69, 9.17) is 17.3 Å². The van der Waals surface area contributed by atoms with Gasteiger partial charge in [0.2, 0.25) is 0 Å². The normalized spacial score (nSPS) is 14.8. The van der Waals surface area contributed by atoms with Crippen molar-refractivity contribution in [2.24, 2.45) is 0 Å². The number of aromatic nitrogens is 4. The summed E-state index contributed by atoms with van der Waals surface area (Å²) in [6.07, 6.45) is 1.02. The van der Waals surface area contributed by atoms with Crippen molar-refractivity contribution in [1.82, 2.24) is 18.9 Å². The number of benzene rings is 6. The molecule has 0 bridgehead atoms. The molecule has 0 aliphatic rings. The predicted molar refractivity (Wildman–Crippen MR) is 204 cm³/mol. The number of pyridine rings is 2. The Hall–Kier alpha value is -5.61. The van der Waals surface area contributed by atoms with Gasteiger partial charge in [-0.1, -0.05) is 84.5 Å². The van der Waals surface area contributed by atoms with Crippen molar-refractivity contribution < 1.29 is 32.4 Å². The standard InChI is InChI=1S/C31H18N3.C14H14N.Ir/c1-2-10-20(11-3-1)33-27-16-8-6-13-22(27)24-19-18-23-21-12-4-5-14-25(21)31-32-26-15-7-9-17-28(26)34(31)30(23)29(24)33;1-10-4-6-13(7-5-10)14-8-11(2)12(3)9-15-14;/h1-13,15-19H;4-6,8-9H,1-3H3;/q2*-1;/i;1D3,2D3,3D3;. The summed E-state index contributed by atoms with van der Waals surface area (Å²) in [5.41, 5.74) is 7.84. The molecule has 0 fully saturated rings. The fraction of sp³-hybridized carbons (Fsp3) is 0.0667. The molecule has 10 aromatic rings. The van der Waals surface area contributed by atoms with Gasteiger partial charge in [0.1, 0.15) is 0 Å². The van der Waals surface area contributed by atoms with Crippen molar-refractivity contribution in [3.8, 4) is 16.9 Å². The molecule has 50 heavy (non-hydrogen) atoms. The molecule has 1 radical (unpaired) electrons. The molecule has 0 N–H and O–H groups in total. The first-order valence-corrected chi connectivity index (χ1v) is 15.8. The van der Waals surface area contributed by atoms with Gasteiger partial charge in [0.05, 0.1) is 33.2 Å². The maximum Gasteiger partial charge on any atom is 0.0774 e. The zero-order valence-corrected chi connectivity index (χ0v) is 28.8. The minimum absolute atomic E-state index is 0. The second-order valence-electron chi connectivity index (χ2n) is 11.9. The molecule has 0 aliphatic carbocycles. The van der Waals surface area contributed by atoms with Crippen molar-refractivity contribution in [2.75, 3.05) is 0 Å². The van der Waals surface area contributed by atoms with E-state index < -0.39 is 20.6 Å². The molecule has 0 unspecified atom stereocenters. The summed E-state index contributed by atoms with van der Waals surface area (Å²) in [4.78, 5) is 9.08. The number of hydrogen-bond donors (Lipinski definition) is 0. The van der Waals surface area contributed by atoms with Crippen LogP contribution in [0.5, 0.6) is 0 Å². The molecule has 0 saturated heterocycles. The quantitative estimate of drug-likeness (QED) is 0.129. The van der Waals surface area contributed by atoms with E-state index in [0.29, 0.717) is 5.56 Å². The van der Waals surface area contributed by atoms with Crippen LogP contribution in [0.1, 0.15) is 29.0 Å². The minimum Gasteiger partial charge on any atom is -0.331 e. The zero-order valence-electron chi connectivity index (χ0n) is 35.4. The summed E-state index contributed by atoms with van der Waals surface area (Å²) < 4.78 is 71.6. The molecular formula is C45H32IrN4-2. The largest absolute Gasteiger partial charge is 0.331 e. The van der Waals surface area contributed by atoms with E-state index in [1.807, 2.05) is 6.07 Å². The Kier molecular flexibility index (Phi) is 5.81. The van der Waals surface area contributed by atoms with Gasteiger partial charge in [-0.15, -0.1) is 65.0 Å². The Labute approximate surface area is 316 Å². The van der Waals surface area contributed by atoms with Crippen LogP contribution in [-0.2, 0) is 20.1 Å². The fourth-order valence-electron chi connectivity index (χ4n) is 6.78. The smallest absolute Gasteiger partial charge is 0.0774 e. The monoisotopic (exact) mass is 830 g/mol. The molecule has 4 aromatic heterocycles. The SMILES string of the molecule is [2H]C([2H])([2H])c1c[c-]c(-c2cc(C([2H])([2H])[2H])c(C([2H])([2H])[2H])cn2)cc1.[Ir].[c-]1cccc2c1c1nc3ccccc3n1c1c2ccc2c3ccccc3n(-c3ccccc3)c21. The summed E-state index contributed by atoms with van der Waals surface area (Å²) in [5, 5.41) is 5.92. The first-order valence-electron chi connectivity index (χ1n) is 20.3. The van der Waals surface area contributed by atoms with Crippen molar-refractivity contribution >= 4 is 60.2 Å². The van der Waals surface area contributed by atoms with Crippen LogP contribution in [0, 0.1) is 32.7 Å². The molecule has 4 nitrogen and oxygen atoms in total. The first kappa shape index (κ1) is 22.9. The molecule has 243 valence electrons. The Bertz CT molecular complexity index is 3180. The van der Waals surface area contributed by atoms with E-state index in [0.717, 1.165) is 34.0 Å². The first-order chi connectivity index (χ1) is 27.7. The summed E-state index contributed by atoms with van der Waals surface area (Å²) in [5.74, 6) is 0. The fourth-order valence-corrected chi connectivity index (χ4v) is 6.78. The Balaban J connectivity index is 0.000000173. The van der Waals surface area contributed by atoms with Crippen molar-refractivity contribution in [2.45, 2.75) is 20.6 Å². The number of hydrogen-bond acceptors (Lipinski definition) is 2. The van der Waals surface area contributed by atoms with Crippen LogP contribution < -0.4 is 0 Å². The van der Waals surface area contributed by atoms with Crippen LogP contribution in [0.4, 0.5) is 0 Å². The van der Waals surface area contributed by atoms with E-state index in [2.05, 4.69) is 129 Å². The molecule has 5 heteroatoms. The van der Waals surface area contributed by atoms with Crippen molar-refractivity contribution in [3.63, 3.8) is 0 Å². The van der Waals surface area contributed by atoms with Crippen LogP contribution >= 0.6 is 0 Å². The van der Waals surface area contributed by atoms with Gasteiger partial charge in [-0.3, -0.25) is 4.98 Å². The van der Waals surface area contributed by atoms with Gasteiger partial charge >= 0.3 is 0 Å². The molecular weight excluding hydrogens is 789 g/mol. The van der Waals surface area contributed by atoms with Gasteiger partial charge in [-0.25, -0.2) is 0 Å². The van der Waals surface area contributed by atoms with Gasteiger partial charge in [0.15, 0.2) is 0 Å². The summed E-state index contributed by atoms with van der Waals surface area (Å²) >= 11 is 0. The van der Waals surface area contributed by atoms with Crippen LogP contribution in [0.25, 0.3) is 77.1 Å². The van der Waals surface area contributed by atoms with Gasteiger partial charge in [-0.2, -0.15) is 0 Å². The molecule has 0 atom stereocenters.